The molecule has 3 heteroatoms. The normalized spacial score (nSPS) is 12.2. The van der Waals surface area contributed by atoms with Gasteiger partial charge in [0.25, 0.3) is 0 Å². The van der Waals surface area contributed by atoms with E-state index in [0.717, 1.165) is 11.3 Å². The molecule has 0 aliphatic heterocycles. The van der Waals surface area contributed by atoms with Crippen molar-refractivity contribution >= 4 is 11.4 Å². The van der Waals surface area contributed by atoms with Crippen LogP contribution in [0.4, 0.5) is 15.8 Å². The standard InChI is InChI=1S/C16H19FN2/c1-12(18-2)14-10-7-11-15(17)16(14)19(3)13-8-5-4-6-9-13/h4-12,18H,1-3H3. The topological polar surface area (TPSA) is 15.3 Å². The zero-order chi connectivity index (χ0) is 13.8. The predicted molar refractivity (Wildman–Crippen MR) is 78.4 cm³/mol. The Hall–Kier alpha value is -1.87. The van der Waals surface area contributed by atoms with Gasteiger partial charge < -0.3 is 10.2 Å². The van der Waals surface area contributed by atoms with Crippen molar-refractivity contribution in [1.82, 2.24) is 5.32 Å². The van der Waals surface area contributed by atoms with Crippen molar-refractivity contribution in [3.05, 3.63) is 59.9 Å². The fourth-order valence-corrected chi connectivity index (χ4v) is 2.17. The van der Waals surface area contributed by atoms with Crippen LogP contribution in [0.15, 0.2) is 48.5 Å². The molecule has 0 heterocycles. The zero-order valence-corrected chi connectivity index (χ0v) is 11.5. The van der Waals surface area contributed by atoms with E-state index in [2.05, 4.69) is 5.32 Å². The summed E-state index contributed by atoms with van der Waals surface area (Å²) >= 11 is 0. The monoisotopic (exact) mass is 258 g/mol. The molecule has 0 saturated heterocycles. The molecule has 100 valence electrons. The molecule has 1 unspecified atom stereocenters. The van der Waals surface area contributed by atoms with Crippen molar-refractivity contribution in [3.63, 3.8) is 0 Å². The first kappa shape index (κ1) is 13.6. The molecule has 0 aliphatic rings. The number of halogens is 1. The summed E-state index contributed by atoms with van der Waals surface area (Å²) in [4.78, 5) is 1.89. The summed E-state index contributed by atoms with van der Waals surface area (Å²) in [5.41, 5.74) is 2.54. The number of benzene rings is 2. The lowest BCUT2D eigenvalue weighted by Crippen LogP contribution is -2.19. The minimum atomic E-state index is -0.203. The fraction of sp³-hybridized carbons (Fsp3) is 0.250. The van der Waals surface area contributed by atoms with Gasteiger partial charge in [-0.1, -0.05) is 30.3 Å². The summed E-state index contributed by atoms with van der Waals surface area (Å²) in [6, 6.07) is 15.1. The van der Waals surface area contributed by atoms with Crippen LogP contribution < -0.4 is 10.2 Å². The van der Waals surface area contributed by atoms with Crippen LogP contribution in [0.2, 0.25) is 0 Å². The molecular weight excluding hydrogens is 239 g/mol. The third-order valence-electron chi connectivity index (χ3n) is 3.40. The Kier molecular flexibility index (Phi) is 4.17. The molecule has 1 atom stereocenters. The minimum absolute atomic E-state index is 0.0943. The highest BCUT2D eigenvalue weighted by Gasteiger charge is 2.17. The third-order valence-corrected chi connectivity index (χ3v) is 3.40. The lowest BCUT2D eigenvalue weighted by Gasteiger charge is -2.25. The molecule has 2 aromatic carbocycles. The number of hydrogen-bond donors (Lipinski definition) is 1. The first-order valence-electron chi connectivity index (χ1n) is 6.39. The Morgan fingerprint density at radius 1 is 1.05 bits per heavy atom. The zero-order valence-electron chi connectivity index (χ0n) is 11.5. The molecule has 0 radical (unpaired) electrons. The van der Waals surface area contributed by atoms with Gasteiger partial charge in [-0.3, -0.25) is 0 Å². The highest BCUT2D eigenvalue weighted by molar-refractivity contribution is 5.66. The van der Waals surface area contributed by atoms with Gasteiger partial charge in [-0.25, -0.2) is 4.39 Å². The maximum Gasteiger partial charge on any atom is 0.147 e. The second-order valence-electron chi connectivity index (χ2n) is 4.58. The number of nitrogens with zero attached hydrogens (tertiary/aromatic N) is 1. The lowest BCUT2D eigenvalue weighted by molar-refractivity contribution is 0.608. The quantitative estimate of drug-likeness (QED) is 0.895. The van der Waals surface area contributed by atoms with Gasteiger partial charge in [0.15, 0.2) is 0 Å². The molecule has 0 fully saturated rings. The van der Waals surface area contributed by atoms with Crippen molar-refractivity contribution in [1.29, 1.82) is 0 Å². The van der Waals surface area contributed by atoms with Crippen molar-refractivity contribution in [2.45, 2.75) is 13.0 Å². The van der Waals surface area contributed by atoms with Crippen LogP contribution >= 0.6 is 0 Å². The Balaban J connectivity index is 2.49. The first-order chi connectivity index (χ1) is 9.15. The average molecular weight is 258 g/mol. The van der Waals surface area contributed by atoms with Gasteiger partial charge in [-0.2, -0.15) is 0 Å². The Morgan fingerprint density at radius 2 is 1.74 bits per heavy atom. The van der Waals surface area contributed by atoms with Gasteiger partial charge in [0, 0.05) is 18.8 Å². The van der Waals surface area contributed by atoms with Crippen LogP contribution in [0.25, 0.3) is 0 Å². The lowest BCUT2D eigenvalue weighted by atomic mass is 10.0. The summed E-state index contributed by atoms with van der Waals surface area (Å²) in [7, 11) is 3.77. The third kappa shape index (κ3) is 2.76. The van der Waals surface area contributed by atoms with E-state index in [9.17, 15) is 4.39 Å². The average Bonchev–Trinajstić information content (AvgIpc) is 2.46. The van der Waals surface area contributed by atoms with E-state index in [4.69, 9.17) is 0 Å². The largest absolute Gasteiger partial charge is 0.342 e. The summed E-state index contributed by atoms with van der Waals surface area (Å²) < 4.78 is 14.2. The maximum atomic E-state index is 14.2. The predicted octanol–water partition coefficient (Wildman–Crippen LogP) is 3.87. The first-order valence-corrected chi connectivity index (χ1v) is 6.39. The van der Waals surface area contributed by atoms with Crippen LogP contribution in [-0.4, -0.2) is 14.1 Å². The van der Waals surface area contributed by atoms with E-state index < -0.39 is 0 Å². The summed E-state index contributed by atoms with van der Waals surface area (Å²) in [6.45, 7) is 2.02. The van der Waals surface area contributed by atoms with Crippen LogP contribution in [0, 0.1) is 5.82 Å². The minimum Gasteiger partial charge on any atom is -0.342 e. The van der Waals surface area contributed by atoms with Crippen molar-refractivity contribution < 1.29 is 4.39 Å². The van der Waals surface area contributed by atoms with E-state index in [1.54, 1.807) is 6.07 Å². The molecule has 0 bridgehead atoms. The molecule has 2 aromatic rings. The van der Waals surface area contributed by atoms with Gasteiger partial charge in [0.1, 0.15) is 5.82 Å². The molecule has 0 spiro atoms. The molecular formula is C16H19FN2. The second-order valence-corrected chi connectivity index (χ2v) is 4.58. The molecule has 1 N–H and O–H groups in total. The van der Waals surface area contributed by atoms with Gasteiger partial charge in [-0.15, -0.1) is 0 Å². The number of nitrogens with one attached hydrogen (secondary N) is 1. The fourth-order valence-electron chi connectivity index (χ4n) is 2.17. The number of hydrogen-bond acceptors (Lipinski definition) is 2. The smallest absolute Gasteiger partial charge is 0.147 e. The van der Waals surface area contributed by atoms with E-state index >= 15 is 0 Å². The van der Waals surface area contributed by atoms with E-state index in [1.807, 2.05) is 62.3 Å². The van der Waals surface area contributed by atoms with E-state index in [0.29, 0.717) is 5.69 Å². The Labute approximate surface area is 113 Å². The van der Waals surface area contributed by atoms with Crippen molar-refractivity contribution in [2.24, 2.45) is 0 Å². The van der Waals surface area contributed by atoms with E-state index in [-0.39, 0.29) is 11.9 Å². The highest BCUT2D eigenvalue weighted by Crippen LogP contribution is 2.32. The molecule has 19 heavy (non-hydrogen) atoms. The van der Waals surface area contributed by atoms with Crippen molar-refractivity contribution in [3.8, 4) is 0 Å². The molecule has 0 saturated carbocycles. The molecule has 0 aliphatic carbocycles. The van der Waals surface area contributed by atoms with Gasteiger partial charge >= 0.3 is 0 Å². The molecule has 0 amide bonds. The Morgan fingerprint density at radius 3 is 2.37 bits per heavy atom. The van der Waals surface area contributed by atoms with Gasteiger partial charge in [0.2, 0.25) is 0 Å². The second kappa shape index (κ2) is 5.85. The van der Waals surface area contributed by atoms with E-state index in [1.165, 1.54) is 6.07 Å². The number of anilines is 2. The van der Waals surface area contributed by atoms with Crippen molar-refractivity contribution in [2.75, 3.05) is 19.0 Å². The van der Waals surface area contributed by atoms with Crippen LogP contribution in [-0.2, 0) is 0 Å². The molecule has 2 rings (SSSR count). The Bertz CT molecular complexity index is 540. The summed E-state index contributed by atoms with van der Waals surface area (Å²) in [6.07, 6.45) is 0. The van der Waals surface area contributed by atoms with Crippen LogP contribution in [0.1, 0.15) is 18.5 Å². The number of rotatable bonds is 4. The molecule has 2 nitrogen and oxygen atoms in total. The highest BCUT2D eigenvalue weighted by atomic mass is 19.1. The summed E-state index contributed by atoms with van der Waals surface area (Å²) in [5.74, 6) is -0.203. The van der Waals surface area contributed by atoms with Gasteiger partial charge in [-0.05, 0) is 37.7 Å². The van der Waals surface area contributed by atoms with Gasteiger partial charge in [0.05, 0.1) is 5.69 Å². The number of para-hydroxylation sites is 2. The maximum absolute atomic E-state index is 14.2. The summed E-state index contributed by atoms with van der Waals surface area (Å²) in [5, 5.41) is 3.16. The SMILES string of the molecule is CNC(C)c1cccc(F)c1N(C)c1ccccc1. The van der Waals surface area contributed by atoms with Crippen LogP contribution in [0.5, 0.6) is 0 Å². The molecule has 0 aromatic heterocycles. The van der Waals surface area contributed by atoms with Crippen LogP contribution in [0.3, 0.4) is 0 Å².